The molecular weight excluding hydrogens is 577 g/mol. The topological polar surface area (TPSA) is 129 Å². The molecule has 0 radical (unpaired) electrons. The number of hydrogen-bond donors (Lipinski definition) is 1. The van der Waals surface area contributed by atoms with Crippen molar-refractivity contribution in [3.63, 3.8) is 0 Å². The van der Waals surface area contributed by atoms with E-state index < -0.39 is 39.4 Å². The Morgan fingerprint density at radius 2 is 1.82 bits per heavy atom. The summed E-state index contributed by atoms with van der Waals surface area (Å²) in [7, 11) is -0.246. The summed E-state index contributed by atoms with van der Waals surface area (Å²) in [6.45, 7) is 6.36. The first-order valence-corrected chi connectivity index (χ1v) is 13.9. The number of methoxy groups -OCH3 is 3. The third kappa shape index (κ3) is 6.58. The Morgan fingerprint density at radius 3 is 2.30 bits per heavy atom. The first kappa shape index (κ1) is 31.4. The zero-order valence-electron chi connectivity index (χ0n) is 22.4. The molecule has 1 aliphatic carbocycles. The number of aliphatic imine (C=N–C) groups is 2. The van der Waals surface area contributed by atoms with Crippen LogP contribution < -0.4 is 14.2 Å². The van der Waals surface area contributed by atoms with E-state index in [4.69, 9.17) is 25.8 Å². The maximum absolute atomic E-state index is 13.6. The monoisotopic (exact) mass is 606 g/mol. The van der Waals surface area contributed by atoms with Gasteiger partial charge in [0, 0.05) is 24.3 Å². The number of rotatable bonds is 11. The molecule has 0 saturated heterocycles. The van der Waals surface area contributed by atoms with Gasteiger partial charge in [-0.3, -0.25) is 9.29 Å². The van der Waals surface area contributed by atoms with Crippen molar-refractivity contribution in [2.24, 2.45) is 15.9 Å². The fourth-order valence-corrected chi connectivity index (χ4v) is 5.42. The van der Waals surface area contributed by atoms with Crippen molar-refractivity contribution in [2.75, 3.05) is 26.1 Å². The lowest BCUT2D eigenvalue weighted by Crippen LogP contribution is -2.41. The number of nitrogens with one attached hydrogen (secondary N) is 1. The molecule has 0 spiro atoms. The van der Waals surface area contributed by atoms with Crippen LogP contribution in [0.2, 0.25) is 0 Å². The van der Waals surface area contributed by atoms with E-state index in [9.17, 15) is 21.6 Å². The van der Waals surface area contributed by atoms with Gasteiger partial charge in [-0.25, -0.2) is 18.4 Å². The van der Waals surface area contributed by atoms with E-state index in [-0.39, 0.29) is 47.6 Å². The van der Waals surface area contributed by atoms with Crippen LogP contribution in [0.5, 0.6) is 11.5 Å². The van der Waals surface area contributed by atoms with E-state index in [0.29, 0.717) is 5.03 Å². The molecule has 1 aliphatic rings. The van der Waals surface area contributed by atoms with Crippen LogP contribution in [0.3, 0.4) is 0 Å². The van der Waals surface area contributed by atoms with Gasteiger partial charge in [0.15, 0.2) is 5.84 Å². The van der Waals surface area contributed by atoms with E-state index in [1.54, 1.807) is 25.1 Å². The molecule has 40 heavy (non-hydrogen) atoms. The number of ether oxygens (including phenoxy) is 3. The quantitative estimate of drug-likeness (QED) is 0.290. The molecule has 0 bridgehead atoms. The minimum Gasteiger partial charge on any atom is -0.494 e. The van der Waals surface area contributed by atoms with Crippen LogP contribution in [-0.4, -0.2) is 74.6 Å². The van der Waals surface area contributed by atoms with Gasteiger partial charge in [-0.15, -0.1) is 10.2 Å². The minimum absolute atomic E-state index is 0.0402. The van der Waals surface area contributed by atoms with Crippen molar-refractivity contribution in [2.45, 2.75) is 50.1 Å². The predicted octanol–water partition coefficient (Wildman–Crippen LogP) is 4.68. The normalized spacial score (nSPS) is 19.9. The standard InChI is InChI=1S/C24H30ClF3N6O5S/c1-13(25)12-30-21(29-3)20(39-6)14(2)40(35,36)33-23-32-31-22(15-10-16(11-15)24(26,27)28)34(23)19-17(37-4)8-7-9-18(19)38-5/h7-9,12,14-16,20H,3,10-11H2,1-2,4-6H3,(H,32,33)/b13-12+,30-21?/t14-,15?,16?,20-/m0/s1. The molecule has 2 atom stereocenters. The van der Waals surface area contributed by atoms with E-state index in [1.807, 2.05) is 0 Å². The number of anilines is 1. The average Bonchev–Trinajstić information content (AvgIpc) is 3.25. The molecule has 0 aliphatic heterocycles. The lowest BCUT2D eigenvalue weighted by molar-refractivity contribution is -0.198. The van der Waals surface area contributed by atoms with Crippen molar-refractivity contribution in [3.8, 4) is 17.2 Å². The van der Waals surface area contributed by atoms with Gasteiger partial charge in [0.25, 0.3) is 0 Å². The smallest absolute Gasteiger partial charge is 0.391 e. The lowest BCUT2D eigenvalue weighted by atomic mass is 9.74. The second-order valence-electron chi connectivity index (χ2n) is 9.00. The number of para-hydroxylation sites is 1. The number of aromatic nitrogens is 3. The van der Waals surface area contributed by atoms with Crippen LogP contribution >= 0.6 is 11.6 Å². The number of allylic oxidation sites excluding steroid dienone is 1. The van der Waals surface area contributed by atoms with Crippen molar-refractivity contribution in [1.82, 2.24) is 14.8 Å². The molecule has 2 aromatic rings. The van der Waals surface area contributed by atoms with Gasteiger partial charge in [0.1, 0.15) is 34.4 Å². The summed E-state index contributed by atoms with van der Waals surface area (Å²) < 4.78 is 86.9. The van der Waals surface area contributed by atoms with E-state index in [1.165, 1.54) is 39.0 Å². The van der Waals surface area contributed by atoms with Crippen molar-refractivity contribution in [3.05, 3.63) is 35.3 Å². The molecule has 1 fully saturated rings. The van der Waals surface area contributed by atoms with Gasteiger partial charge in [0.2, 0.25) is 16.0 Å². The summed E-state index contributed by atoms with van der Waals surface area (Å²) in [6.07, 6.45) is -4.71. The second kappa shape index (κ2) is 12.6. The van der Waals surface area contributed by atoms with Crippen LogP contribution in [0.25, 0.3) is 5.69 Å². The van der Waals surface area contributed by atoms with Gasteiger partial charge in [-0.2, -0.15) is 13.2 Å². The maximum Gasteiger partial charge on any atom is 0.391 e. The third-order valence-corrected chi connectivity index (χ3v) is 8.26. The summed E-state index contributed by atoms with van der Waals surface area (Å²) >= 11 is 5.83. The van der Waals surface area contributed by atoms with E-state index in [0.717, 1.165) is 0 Å². The second-order valence-corrected chi connectivity index (χ2v) is 11.6. The molecule has 3 rings (SSSR count). The molecule has 1 aromatic carbocycles. The number of halogens is 4. The summed E-state index contributed by atoms with van der Waals surface area (Å²) in [4.78, 5) is 7.83. The fourth-order valence-electron chi connectivity index (χ4n) is 4.24. The molecule has 1 saturated carbocycles. The van der Waals surface area contributed by atoms with Crippen LogP contribution in [0.15, 0.2) is 39.4 Å². The third-order valence-electron chi connectivity index (χ3n) is 6.47. The predicted molar refractivity (Wildman–Crippen MR) is 145 cm³/mol. The molecular formula is C24H30ClF3N6O5S. The molecule has 16 heteroatoms. The molecule has 1 N–H and O–H groups in total. The number of nitrogens with zero attached hydrogens (tertiary/aromatic N) is 5. The van der Waals surface area contributed by atoms with Crippen molar-refractivity contribution < 1.29 is 35.8 Å². The van der Waals surface area contributed by atoms with Gasteiger partial charge >= 0.3 is 6.18 Å². The highest BCUT2D eigenvalue weighted by Gasteiger charge is 2.50. The van der Waals surface area contributed by atoms with Gasteiger partial charge in [0.05, 0.1) is 20.1 Å². The Labute approximate surface area is 235 Å². The largest absolute Gasteiger partial charge is 0.494 e. The van der Waals surface area contributed by atoms with Crippen LogP contribution in [0, 0.1) is 5.92 Å². The van der Waals surface area contributed by atoms with Crippen molar-refractivity contribution >= 4 is 40.1 Å². The van der Waals surface area contributed by atoms with Crippen LogP contribution in [-0.2, 0) is 14.8 Å². The van der Waals surface area contributed by atoms with Gasteiger partial charge < -0.3 is 14.2 Å². The number of alkyl halides is 3. The number of amidine groups is 1. The SMILES string of the molecule is C=NC(=N/C=C(\C)Cl)[C@@H](OC)[C@H](C)S(=O)(=O)Nc1nnc(C2CC(C(F)(F)F)C2)n1-c1c(OC)cccc1OC. The highest BCUT2D eigenvalue weighted by Crippen LogP contribution is 2.50. The van der Waals surface area contributed by atoms with Crippen LogP contribution in [0.1, 0.15) is 38.4 Å². The zero-order valence-corrected chi connectivity index (χ0v) is 24.0. The molecule has 1 aromatic heterocycles. The zero-order chi connectivity index (χ0) is 29.8. The van der Waals surface area contributed by atoms with Gasteiger partial charge in [-0.05, 0) is 45.5 Å². The van der Waals surface area contributed by atoms with Crippen molar-refractivity contribution in [1.29, 1.82) is 0 Å². The van der Waals surface area contributed by atoms with Gasteiger partial charge in [-0.1, -0.05) is 17.7 Å². The number of sulfonamides is 1. The Hall–Kier alpha value is -3.17. The summed E-state index contributed by atoms with van der Waals surface area (Å²) in [6, 6.07) is 4.82. The molecule has 0 amide bonds. The first-order valence-electron chi connectivity index (χ1n) is 11.9. The first-order chi connectivity index (χ1) is 18.8. The van der Waals surface area contributed by atoms with E-state index >= 15 is 0 Å². The number of benzene rings is 1. The lowest BCUT2D eigenvalue weighted by Gasteiger charge is -2.36. The Balaban J connectivity index is 2.09. The highest BCUT2D eigenvalue weighted by atomic mass is 35.5. The molecule has 0 unspecified atom stereocenters. The Kier molecular flexibility index (Phi) is 9.85. The Bertz CT molecular complexity index is 1360. The fraction of sp³-hybridized carbons (Fsp3) is 0.500. The molecule has 11 nitrogen and oxygen atoms in total. The number of hydrogen-bond acceptors (Lipinski definition) is 8. The van der Waals surface area contributed by atoms with E-state index in [2.05, 4.69) is 31.6 Å². The maximum atomic E-state index is 13.6. The summed E-state index contributed by atoms with van der Waals surface area (Å²) in [5.74, 6) is -1.84. The highest BCUT2D eigenvalue weighted by molar-refractivity contribution is 7.93. The summed E-state index contributed by atoms with van der Waals surface area (Å²) in [5.41, 5.74) is 0.217. The minimum atomic E-state index is -4.35. The van der Waals surface area contributed by atoms with Crippen LogP contribution in [0.4, 0.5) is 19.1 Å². The summed E-state index contributed by atoms with van der Waals surface area (Å²) in [5, 5.41) is 7.12. The average molecular weight is 607 g/mol. The molecule has 1 heterocycles. The molecule has 220 valence electrons. The Morgan fingerprint density at radius 1 is 1.23 bits per heavy atom.